The minimum atomic E-state index is -4.82. The van der Waals surface area contributed by atoms with Crippen LogP contribution in [0, 0.1) is 0 Å². The molecule has 1 aromatic heterocycles. The summed E-state index contributed by atoms with van der Waals surface area (Å²) in [6, 6.07) is 4.68. The van der Waals surface area contributed by atoms with Crippen molar-refractivity contribution >= 4 is 5.91 Å². The van der Waals surface area contributed by atoms with E-state index in [1.807, 2.05) is 0 Å². The second-order valence-electron chi connectivity index (χ2n) is 5.67. The number of H-pyrrole nitrogens is 1. The van der Waals surface area contributed by atoms with Crippen molar-refractivity contribution in [3.8, 4) is 5.75 Å². The molecule has 25 heavy (non-hydrogen) atoms. The van der Waals surface area contributed by atoms with Crippen LogP contribution in [0.25, 0.3) is 0 Å². The number of ether oxygens (including phenoxy) is 1. The predicted octanol–water partition coefficient (Wildman–Crippen LogP) is 1.60. The third-order valence-electron chi connectivity index (χ3n) is 3.92. The quantitative estimate of drug-likeness (QED) is 0.874. The number of aryl methyl sites for hydroxylation is 1. The molecule has 1 unspecified atom stereocenters. The first-order valence-electron chi connectivity index (χ1n) is 7.62. The number of nitrogens with zero attached hydrogens (tertiary/aromatic N) is 2. The summed E-state index contributed by atoms with van der Waals surface area (Å²) < 4.78 is 42.1. The van der Waals surface area contributed by atoms with Crippen LogP contribution in [-0.2, 0) is 13.0 Å². The Morgan fingerprint density at radius 1 is 1.36 bits per heavy atom. The number of aromatic amines is 1. The van der Waals surface area contributed by atoms with Gasteiger partial charge in [-0.15, -0.1) is 13.2 Å². The second kappa shape index (κ2) is 6.61. The summed E-state index contributed by atoms with van der Waals surface area (Å²) in [6.07, 6.45) is -3.20. The van der Waals surface area contributed by atoms with Crippen molar-refractivity contribution in [3.05, 3.63) is 46.1 Å². The highest BCUT2D eigenvalue weighted by atomic mass is 19.4. The summed E-state index contributed by atoms with van der Waals surface area (Å²) >= 11 is 0. The van der Waals surface area contributed by atoms with Gasteiger partial charge in [0, 0.05) is 24.6 Å². The molecule has 1 aliphatic heterocycles. The molecule has 1 atom stereocenters. The molecule has 7 nitrogen and oxygen atoms in total. The van der Waals surface area contributed by atoms with Crippen LogP contribution in [0.1, 0.15) is 29.0 Å². The molecule has 1 aromatic carbocycles. The summed E-state index contributed by atoms with van der Waals surface area (Å²) in [5.41, 5.74) is -0.222. The number of halogens is 3. The molecular weight excluding hydrogens is 341 g/mol. The Hall–Kier alpha value is -2.78. The van der Waals surface area contributed by atoms with Gasteiger partial charge in [-0.25, -0.2) is 9.89 Å². The zero-order chi connectivity index (χ0) is 18.0. The zero-order valence-corrected chi connectivity index (χ0v) is 13.0. The Morgan fingerprint density at radius 2 is 2.16 bits per heavy atom. The Morgan fingerprint density at radius 3 is 2.92 bits per heavy atom. The van der Waals surface area contributed by atoms with Crippen molar-refractivity contribution in [2.24, 2.45) is 0 Å². The number of rotatable bonds is 3. The molecule has 0 saturated heterocycles. The van der Waals surface area contributed by atoms with Crippen LogP contribution in [0.2, 0.25) is 0 Å². The molecule has 0 spiro atoms. The first kappa shape index (κ1) is 17.1. The number of carbonyl (C=O) groups is 1. The number of hydrogen-bond donors (Lipinski definition) is 2. The Balaban J connectivity index is 1.65. The van der Waals surface area contributed by atoms with Crippen molar-refractivity contribution in [2.45, 2.75) is 38.2 Å². The number of alkyl halides is 3. The van der Waals surface area contributed by atoms with Crippen LogP contribution in [-0.4, -0.2) is 33.1 Å². The van der Waals surface area contributed by atoms with Gasteiger partial charge in [-0.2, -0.15) is 5.10 Å². The minimum Gasteiger partial charge on any atom is -0.406 e. The van der Waals surface area contributed by atoms with E-state index in [0.717, 1.165) is 12.1 Å². The SMILES string of the molecule is O=C(NC1CCc2n[nH]c(=O)n2CC1)c1cccc(OC(F)(F)F)c1. The summed E-state index contributed by atoms with van der Waals surface area (Å²) in [5.74, 6) is -0.318. The van der Waals surface area contributed by atoms with Gasteiger partial charge in [0.05, 0.1) is 0 Å². The molecular formula is C15H15F3N4O3. The summed E-state index contributed by atoms with van der Waals surface area (Å²) in [6.45, 7) is 0.410. The molecule has 134 valence electrons. The van der Waals surface area contributed by atoms with Gasteiger partial charge < -0.3 is 10.1 Å². The van der Waals surface area contributed by atoms with Crippen LogP contribution in [0.5, 0.6) is 5.75 Å². The molecule has 10 heteroatoms. The maximum absolute atomic E-state index is 12.3. The van der Waals surface area contributed by atoms with Crippen molar-refractivity contribution < 1.29 is 22.7 Å². The Kier molecular flexibility index (Phi) is 4.51. The van der Waals surface area contributed by atoms with Gasteiger partial charge in [0.25, 0.3) is 5.91 Å². The van der Waals surface area contributed by atoms with Crippen molar-refractivity contribution in [1.29, 1.82) is 0 Å². The topological polar surface area (TPSA) is 89.0 Å². The van der Waals surface area contributed by atoms with Gasteiger partial charge in [0.2, 0.25) is 0 Å². The normalized spacial score (nSPS) is 17.5. The fourth-order valence-electron chi connectivity index (χ4n) is 2.75. The standard InChI is InChI=1S/C15H15F3N4O3/c16-15(17,18)25-11-3-1-2-9(8-11)13(23)19-10-4-5-12-20-21-14(24)22(12)7-6-10/h1-3,8,10H,4-7H2,(H,19,23)(H,21,24). The second-order valence-corrected chi connectivity index (χ2v) is 5.67. The van der Waals surface area contributed by atoms with Gasteiger partial charge in [0.1, 0.15) is 11.6 Å². The van der Waals surface area contributed by atoms with Crippen molar-refractivity contribution in [2.75, 3.05) is 0 Å². The Labute approximate surface area is 139 Å². The lowest BCUT2D eigenvalue weighted by Gasteiger charge is -2.16. The van der Waals surface area contributed by atoms with Crippen LogP contribution >= 0.6 is 0 Å². The first-order chi connectivity index (χ1) is 11.8. The lowest BCUT2D eigenvalue weighted by molar-refractivity contribution is -0.274. The summed E-state index contributed by atoms with van der Waals surface area (Å²) in [5, 5.41) is 9.08. The molecule has 2 aromatic rings. The molecule has 0 bridgehead atoms. The molecule has 0 aliphatic carbocycles. The average Bonchev–Trinajstić information content (AvgIpc) is 2.76. The minimum absolute atomic E-state index is 0.0709. The van der Waals surface area contributed by atoms with Gasteiger partial charge in [-0.1, -0.05) is 6.07 Å². The number of nitrogens with one attached hydrogen (secondary N) is 2. The Bertz CT molecular complexity index is 828. The molecule has 2 heterocycles. The van der Waals surface area contributed by atoms with E-state index < -0.39 is 18.0 Å². The molecule has 2 N–H and O–H groups in total. The van der Waals surface area contributed by atoms with Crippen LogP contribution in [0.3, 0.4) is 0 Å². The van der Waals surface area contributed by atoms with E-state index in [9.17, 15) is 22.8 Å². The highest BCUT2D eigenvalue weighted by Gasteiger charge is 2.31. The monoisotopic (exact) mass is 356 g/mol. The fraction of sp³-hybridized carbons (Fsp3) is 0.400. The highest BCUT2D eigenvalue weighted by molar-refractivity contribution is 5.94. The van der Waals surface area contributed by atoms with Gasteiger partial charge in [-0.05, 0) is 31.0 Å². The van der Waals surface area contributed by atoms with Gasteiger partial charge >= 0.3 is 12.1 Å². The van der Waals surface area contributed by atoms with Gasteiger partial charge in [-0.3, -0.25) is 9.36 Å². The van der Waals surface area contributed by atoms with Crippen molar-refractivity contribution in [3.63, 3.8) is 0 Å². The summed E-state index contributed by atoms with van der Waals surface area (Å²) in [4.78, 5) is 23.9. The number of fused-ring (bicyclic) bond motifs is 1. The molecule has 0 saturated carbocycles. The number of benzene rings is 1. The van der Waals surface area contributed by atoms with Crippen LogP contribution < -0.4 is 15.7 Å². The van der Waals surface area contributed by atoms with Gasteiger partial charge in [0.15, 0.2) is 0 Å². The van der Waals surface area contributed by atoms with E-state index >= 15 is 0 Å². The molecule has 0 fully saturated rings. The third-order valence-corrected chi connectivity index (χ3v) is 3.92. The number of carbonyl (C=O) groups excluding carboxylic acids is 1. The maximum Gasteiger partial charge on any atom is 0.573 e. The molecule has 0 radical (unpaired) electrons. The lowest BCUT2D eigenvalue weighted by Crippen LogP contribution is -2.35. The van der Waals surface area contributed by atoms with Crippen molar-refractivity contribution in [1.82, 2.24) is 20.1 Å². The zero-order valence-electron chi connectivity index (χ0n) is 13.0. The smallest absolute Gasteiger partial charge is 0.406 e. The van der Waals surface area contributed by atoms with E-state index in [1.165, 1.54) is 16.7 Å². The number of amides is 1. The fourth-order valence-corrected chi connectivity index (χ4v) is 2.75. The third kappa shape index (κ3) is 4.20. The van der Waals surface area contributed by atoms with Crippen LogP contribution in [0.4, 0.5) is 13.2 Å². The van der Waals surface area contributed by atoms with E-state index in [-0.39, 0.29) is 17.3 Å². The van der Waals surface area contributed by atoms with E-state index in [1.54, 1.807) is 0 Å². The average molecular weight is 356 g/mol. The largest absolute Gasteiger partial charge is 0.573 e. The van der Waals surface area contributed by atoms with E-state index in [4.69, 9.17) is 0 Å². The maximum atomic E-state index is 12.3. The molecule has 1 amide bonds. The molecule has 1 aliphatic rings. The number of aromatic nitrogens is 3. The predicted molar refractivity (Wildman–Crippen MR) is 80.2 cm³/mol. The van der Waals surface area contributed by atoms with E-state index in [0.29, 0.717) is 31.6 Å². The van der Waals surface area contributed by atoms with Crippen LogP contribution in [0.15, 0.2) is 29.1 Å². The number of hydrogen-bond acceptors (Lipinski definition) is 4. The van der Waals surface area contributed by atoms with E-state index in [2.05, 4.69) is 20.3 Å². The lowest BCUT2D eigenvalue weighted by atomic mass is 10.1. The highest BCUT2D eigenvalue weighted by Crippen LogP contribution is 2.23. The first-order valence-corrected chi connectivity index (χ1v) is 7.62. The summed E-state index contributed by atoms with van der Waals surface area (Å²) in [7, 11) is 0. The molecule has 3 rings (SSSR count).